The number of aliphatic hydroxyl groups is 3. The van der Waals surface area contributed by atoms with Gasteiger partial charge >= 0.3 is 0 Å². The molecule has 0 bridgehead atoms. The van der Waals surface area contributed by atoms with Gasteiger partial charge in [-0.05, 0) is 50.0 Å². The zero-order valence-corrected chi connectivity index (χ0v) is 20.9. The first-order valence-electron chi connectivity index (χ1n) is 12.5. The van der Waals surface area contributed by atoms with Crippen LogP contribution in [0.3, 0.4) is 0 Å². The molecule has 6 atom stereocenters. The first-order chi connectivity index (χ1) is 17.5. The number of amides is 1. The van der Waals surface area contributed by atoms with Crippen LogP contribution < -0.4 is 5.73 Å². The van der Waals surface area contributed by atoms with Crippen LogP contribution in [0.5, 0.6) is 5.75 Å². The van der Waals surface area contributed by atoms with Gasteiger partial charge in [0.1, 0.15) is 17.4 Å². The smallest absolute Gasteiger partial charge is 0.230 e. The van der Waals surface area contributed by atoms with Crippen LogP contribution in [-0.2, 0) is 27.3 Å². The van der Waals surface area contributed by atoms with E-state index >= 15 is 0 Å². The minimum atomic E-state index is -2.58. The molecule has 1 saturated heterocycles. The van der Waals surface area contributed by atoms with Gasteiger partial charge in [0.2, 0.25) is 5.91 Å². The number of aromatic hydroxyl groups is 1. The summed E-state index contributed by atoms with van der Waals surface area (Å²) >= 11 is 0. The third-order valence-electron chi connectivity index (χ3n) is 8.57. The van der Waals surface area contributed by atoms with E-state index in [4.69, 9.17) is 10.5 Å². The third-order valence-corrected chi connectivity index (χ3v) is 8.57. The van der Waals surface area contributed by atoms with E-state index in [1.807, 2.05) is 0 Å². The number of Topliss-reactive ketones (excluding diaryl/α,β-unsaturated/α-hetero) is 2. The lowest BCUT2D eigenvalue weighted by molar-refractivity contribution is -0.178. The number of nitrogens with two attached hydrogens (primary N) is 1. The van der Waals surface area contributed by atoms with E-state index in [1.54, 1.807) is 25.1 Å². The molecule has 0 spiro atoms. The highest BCUT2D eigenvalue weighted by Gasteiger charge is 2.66. The fourth-order valence-corrected chi connectivity index (χ4v) is 6.82. The molecule has 1 aromatic carbocycles. The van der Waals surface area contributed by atoms with E-state index in [9.17, 15) is 34.8 Å². The number of morpholine rings is 1. The molecule has 0 radical (unpaired) electrons. The summed E-state index contributed by atoms with van der Waals surface area (Å²) in [6, 6.07) is 2.34. The van der Waals surface area contributed by atoms with E-state index in [2.05, 4.69) is 4.90 Å². The molecule has 1 saturated carbocycles. The van der Waals surface area contributed by atoms with Crippen molar-refractivity contribution in [2.45, 2.75) is 37.1 Å². The zero-order valence-electron chi connectivity index (χ0n) is 20.9. The number of rotatable bonds is 4. The maximum absolute atomic E-state index is 13.8. The number of primary amides is 1. The summed E-state index contributed by atoms with van der Waals surface area (Å²) in [7, 11) is 3.27. The second-order valence-electron chi connectivity index (χ2n) is 10.8. The van der Waals surface area contributed by atoms with Crippen molar-refractivity contribution in [1.82, 2.24) is 9.80 Å². The first-order valence-corrected chi connectivity index (χ1v) is 12.5. The SMILES string of the molecule is CN(C)[C@@H]1C(O)C(C(N)=O)C(=O)[C@@]2(O)C(O)=C3C(=O)c4c(O)ccc(CN5CCOCC5)c4C[C@H]3C[C@@H]12. The number of benzene rings is 1. The van der Waals surface area contributed by atoms with Crippen molar-refractivity contribution < 1.29 is 39.5 Å². The van der Waals surface area contributed by atoms with E-state index in [0.717, 1.165) is 18.7 Å². The second kappa shape index (κ2) is 9.17. The van der Waals surface area contributed by atoms with E-state index in [1.165, 1.54) is 6.07 Å². The van der Waals surface area contributed by atoms with Crippen LogP contribution in [0.2, 0.25) is 0 Å². The van der Waals surface area contributed by atoms with Gasteiger partial charge in [0.15, 0.2) is 17.2 Å². The lowest BCUT2D eigenvalue weighted by atomic mass is 9.56. The average Bonchev–Trinajstić information content (AvgIpc) is 2.83. The first kappa shape index (κ1) is 25.8. The Bertz CT molecular complexity index is 1190. The van der Waals surface area contributed by atoms with Gasteiger partial charge in [-0.15, -0.1) is 0 Å². The number of phenolic OH excluding ortho intramolecular Hbond substituents is 1. The largest absolute Gasteiger partial charge is 0.508 e. The Morgan fingerprint density at radius 3 is 2.51 bits per heavy atom. The maximum Gasteiger partial charge on any atom is 0.230 e. The predicted molar refractivity (Wildman–Crippen MR) is 130 cm³/mol. The van der Waals surface area contributed by atoms with Crippen LogP contribution in [0.1, 0.15) is 27.9 Å². The number of phenols is 1. The number of hydrogen-bond acceptors (Lipinski definition) is 10. The van der Waals surface area contributed by atoms with Gasteiger partial charge in [-0.2, -0.15) is 0 Å². The number of ketones is 2. The number of carbonyl (C=O) groups is 3. The Labute approximate surface area is 214 Å². The number of allylic oxidation sites excluding steroid dienone is 1. The summed E-state index contributed by atoms with van der Waals surface area (Å²) in [6.45, 7) is 3.25. The molecule has 2 fully saturated rings. The Morgan fingerprint density at radius 1 is 1.22 bits per heavy atom. The predicted octanol–water partition coefficient (Wildman–Crippen LogP) is -0.882. The van der Waals surface area contributed by atoms with Gasteiger partial charge in [0.25, 0.3) is 0 Å². The molecule has 1 amide bonds. The molecule has 4 aliphatic rings. The van der Waals surface area contributed by atoms with Crippen LogP contribution >= 0.6 is 0 Å². The molecule has 37 heavy (non-hydrogen) atoms. The Balaban J connectivity index is 1.62. The van der Waals surface area contributed by atoms with Gasteiger partial charge in [-0.1, -0.05) is 6.07 Å². The fourth-order valence-electron chi connectivity index (χ4n) is 6.82. The molecule has 11 heteroatoms. The summed E-state index contributed by atoms with van der Waals surface area (Å²) in [5.74, 6) is -7.29. The van der Waals surface area contributed by atoms with Crippen LogP contribution in [-0.4, -0.2) is 106 Å². The second-order valence-corrected chi connectivity index (χ2v) is 10.8. The van der Waals surface area contributed by atoms with E-state index < -0.39 is 58.7 Å². The molecule has 1 aromatic rings. The average molecular weight is 516 g/mol. The van der Waals surface area contributed by atoms with E-state index in [0.29, 0.717) is 31.7 Å². The van der Waals surface area contributed by atoms with Crippen molar-refractivity contribution in [3.8, 4) is 5.75 Å². The molecule has 200 valence electrons. The molecule has 1 aliphatic heterocycles. The number of fused-ring (bicyclic) bond motifs is 3. The van der Waals surface area contributed by atoms with Crippen molar-refractivity contribution >= 4 is 17.5 Å². The van der Waals surface area contributed by atoms with Crippen molar-refractivity contribution in [3.63, 3.8) is 0 Å². The van der Waals surface area contributed by atoms with Crippen LogP contribution in [0.25, 0.3) is 0 Å². The molecule has 5 rings (SSSR count). The minimum Gasteiger partial charge on any atom is -0.508 e. The molecule has 0 aromatic heterocycles. The summed E-state index contributed by atoms with van der Waals surface area (Å²) in [6.07, 6.45) is -1.09. The molecule has 11 nitrogen and oxygen atoms in total. The quantitative estimate of drug-likeness (QED) is 0.317. The minimum absolute atomic E-state index is 0.0458. The van der Waals surface area contributed by atoms with Crippen molar-refractivity contribution in [2.24, 2.45) is 23.5 Å². The van der Waals surface area contributed by atoms with Gasteiger partial charge in [-0.25, -0.2) is 0 Å². The number of ether oxygens (including phenoxy) is 1. The van der Waals surface area contributed by atoms with Gasteiger partial charge in [-0.3, -0.25) is 19.3 Å². The molecule has 3 aliphatic carbocycles. The number of likely N-dealkylation sites (N-methyl/N-ethyl adjacent to an activating group) is 1. The highest BCUT2D eigenvalue weighted by atomic mass is 16.5. The lowest BCUT2D eigenvalue weighted by Gasteiger charge is -2.53. The Hall–Kier alpha value is -2.83. The van der Waals surface area contributed by atoms with Crippen molar-refractivity contribution in [2.75, 3.05) is 40.4 Å². The van der Waals surface area contributed by atoms with Gasteiger partial charge < -0.3 is 35.8 Å². The number of hydrogen-bond donors (Lipinski definition) is 5. The molecule has 1 heterocycles. The number of carbonyl (C=O) groups excluding carboxylic acids is 3. The molecular formula is C26H33N3O8. The highest BCUT2D eigenvalue weighted by Crippen LogP contribution is 2.52. The van der Waals surface area contributed by atoms with Crippen molar-refractivity contribution in [1.29, 1.82) is 0 Å². The number of nitrogens with zero attached hydrogens (tertiary/aromatic N) is 2. The van der Waals surface area contributed by atoms with Crippen LogP contribution in [0.4, 0.5) is 0 Å². The lowest BCUT2D eigenvalue weighted by Crippen LogP contribution is -2.71. The Morgan fingerprint density at radius 2 is 1.89 bits per heavy atom. The zero-order chi connectivity index (χ0) is 26.8. The van der Waals surface area contributed by atoms with Crippen LogP contribution in [0.15, 0.2) is 23.5 Å². The normalized spacial score (nSPS) is 34.2. The van der Waals surface area contributed by atoms with Gasteiger partial charge in [0, 0.05) is 37.2 Å². The summed E-state index contributed by atoms with van der Waals surface area (Å²) in [5, 5.41) is 44.7. The monoisotopic (exact) mass is 515 g/mol. The molecule has 2 unspecified atom stereocenters. The van der Waals surface area contributed by atoms with E-state index in [-0.39, 0.29) is 23.3 Å². The molecule has 6 N–H and O–H groups in total. The summed E-state index contributed by atoms with van der Waals surface area (Å²) in [5.41, 5.74) is 4.28. The topological polar surface area (TPSA) is 174 Å². The highest BCUT2D eigenvalue weighted by molar-refractivity contribution is 6.15. The third kappa shape index (κ3) is 3.79. The summed E-state index contributed by atoms with van der Waals surface area (Å²) in [4.78, 5) is 43.1. The van der Waals surface area contributed by atoms with Gasteiger partial charge in [0.05, 0.1) is 24.9 Å². The summed E-state index contributed by atoms with van der Waals surface area (Å²) < 4.78 is 5.42. The molecular weight excluding hydrogens is 482 g/mol. The van der Waals surface area contributed by atoms with Crippen LogP contribution in [0, 0.1) is 17.8 Å². The number of aliphatic hydroxyl groups excluding tert-OH is 2. The maximum atomic E-state index is 13.8. The fraction of sp³-hybridized carbons (Fsp3) is 0.577. The Kier molecular flexibility index (Phi) is 6.40. The van der Waals surface area contributed by atoms with Crippen molar-refractivity contribution in [3.05, 3.63) is 40.2 Å². The standard InChI is InChI=1S/C26H33N3O8/c1-28(2)20-15-10-13-9-14-12(11-29-5-7-37-8-6-29)3-4-16(30)18(14)21(31)17(13)23(33)26(15,36)24(34)19(22(20)32)25(27)35/h3-4,13,15,19-20,22,30,32-33,36H,5-11H2,1-2H3,(H2,27,35)/t13-,15-,19?,20-,22?,26-/m0/s1.